The number of nitrogens with zero attached hydrogens (tertiary/aromatic N) is 2. The fraction of sp³-hybridized carbons (Fsp3) is 0.125. The number of aryl methyl sites for hydroxylation is 1. The molecule has 0 aromatic carbocycles. The highest BCUT2D eigenvalue weighted by Gasteiger charge is 2.01. The van der Waals surface area contributed by atoms with Gasteiger partial charge in [-0.25, -0.2) is 9.97 Å². The van der Waals surface area contributed by atoms with Crippen LogP contribution < -0.4 is 5.56 Å². The van der Waals surface area contributed by atoms with Crippen molar-refractivity contribution in [3.05, 3.63) is 33.3 Å². The van der Waals surface area contributed by atoms with Gasteiger partial charge in [0.05, 0.1) is 5.52 Å². The minimum absolute atomic E-state index is 0.198. The van der Waals surface area contributed by atoms with Crippen molar-refractivity contribution in [3.8, 4) is 0 Å². The van der Waals surface area contributed by atoms with Crippen molar-refractivity contribution < 1.29 is 0 Å². The summed E-state index contributed by atoms with van der Waals surface area (Å²) in [6, 6.07) is 3.29. The van der Waals surface area contributed by atoms with Gasteiger partial charge in [-0.2, -0.15) is 0 Å². The molecule has 0 aliphatic rings. The summed E-state index contributed by atoms with van der Waals surface area (Å²) in [6.45, 7) is 1.63. The molecule has 66 valence electrons. The van der Waals surface area contributed by atoms with Crippen LogP contribution in [0.1, 0.15) is 5.69 Å². The van der Waals surface area contributed by atoms with E-state index in [1.54, 1.807) is 19.1 Å². The molecule has 0 fully saturated rings. The molecule has 5 heteroatoms. The first-order valence-corrected chi connectivity index (χ1v) is 4.08. The van der Waals surface area contributed by atoms with Crippen molar-refractivity contribution in [2.45, 2.75) is 6.92 Å². The van der Waals surface area contributed by atoms with Gasteiger partial charge in [-0.05, 0) is 19.1 Å². The molecular weight excluding hydrogens is 190 g/mol. The molecule has 2 aromatic rings. The number of aromatic amines is 1. The molecule has 0 saturated heterocycles. The maximum Gasteiger partial charge on any atom is 0.269 e. The highest BCUT2D eigenvalue weighted by Crippen LogP contribution is 2.09. The van der Waals surface area contributed by atoms with E-state index in [0.717, 1.165) is 0 Å². The Bertz CT molecular complexity index is 520. The third kappa shape index (κ3) is 1.40. The Balaban J connectivity index is 2.89. The van der Waals surface area contributed by atoms with Gasteiger partial charge >= 0.3 is 0 Å². The fourth-order valence-corrected chi connectivity index (χ4v) is 1.17. The molecule has 0 bridgehead atoms. The zero-order chi connectivity index (χ0) is 9.42. The first kappa shape index (κ1) is 8.19. The molecule has 0 unspecified atom stereocenters. The number of pyridine rings is 1. The first-order chi connectivity index (χ1) is 6.16. The predicted octanol–water partition coefficient (Wildman–Crippen LogP) is 1.28. The van der Waals surface area contributed by atoms with Crippen LogP contribution in [0.3, 0.4) is 0 Å². The Kier molecular flexibility index (Phi) is 1.77. The smallest absolute Gasteiger partial charge is 0.269 e. The van der Waals surface area contributed by atoms with Gasteiger partial charge in [-0.1, -0.05) is 11.6 Å². The second kappa shape index (κ2) is 2.81. The summed E-state index contributed by atoms with van der Waals surface area (Å²) in [4.78, 5) is 21.7. The molecule has 2 aromatic heterocycles. The number of hydrogen-bond acceptors (Lipinski definition) is 3. The normalized spacial score (nSPS) is 10.6. The largest absolute Gasteiger partial charge is 0.318 e. The quantitative estimate of drug-likeness (QED) is 0.645. The summed E-state index contributed by atoms with van der Waals surface area (Å²) >= 11 is 5.67. The van der Waals surface area contributed by atoms with Crippen molar-refractivity contribution in [2.24, 2.45) is 0 Å². The minimum atomic E-state index is -0.198. The summed E-state index contributed by atoms with van der Waals surface area (Å²) in [5, 5.41) is 0.367. The van der Waals surface area contributed by atoms with Crippen molar-refractivity contribution >= 4 is 22.8 Å². The van der Waals surface area contributed by atoms with Crippen LogP contribution in [0.5, 0.6) is 0 Å². The van der Waals surface area contributed by atoms with Gasteiger partial charge in [0, 0.05) is 0 Å². The summed E-state index contributed by atoms with van der Waals surface area (Å²) in [7, 11) is 0. The molecule has 0 radical (unpaired) electrons. The highest BCUT2D eigenvalue weighted by molar-refractivity contribution is 6.29. The molecule has 0 aliphatic heterocycles. The van der Waals surface area contributed by atoms with Gasteiger partial charge < -0.3 is 4.98 Å². The second-order valence-electron chi connectivity index (χ2n) is 2.66. The van der Waals surface area contributed by atoms with Gasteiger partial charge in [-0.3, -0.25) is 4.79 Å². The Morgan fingerprint density at radius 1 is 1.38 bits per heavy atom. The first-order valence-electron chi connectivity index (χ1n) is 3.70. The number of aromatic nitrogens is 3. The van der Waals surface area contributed by atoms with E-state index in [1.165, 1.54) is 0 Å². The Morgan fingerprint density at radius 2 is 2.15 bits per heavy atom. The molecule has 2 rings (SSSR count). The average molecular weight is 196 g/mol. The van der Waals surface area contributed by atoms with Gasteiger partial charge in [0.15, 0.2) is 5.65 Å². The lowest BCUT2D eigenvalue weighted by molar-refractivity contribution is 1.10. The topological polar surface area (TPSA) is 58.6 Å². The number of rotatable bonds is 0. The predicted molar refractivity (Wildman–Crippen MR) is 49.9 cm³/mol. The molecule has 0 aliphatic carbocycles. The Morgan fingerprint density at radius 3 is 2.92 bits per heavy atom. The number of hydrogen-bond donors (Lipinski definition) is 1. The van der Waals surface area contributed by atoms with E-state index in [4.69, 9.17) is 11.6 Å². The number of halogens is 1. The molecule has 4 nitrogen and oxygen atoms in total. The van der Waals surface area contributed by atoms with E-state index < -0.39 is 0 Å². The fourth-order valence-electron chi connectivity index (χ4n) is 1.03. The maximum absolute atomic E-state index is 11.1. The van der Waals surface area contributed by atoms with E-state index in [0.29, 0.717) is 22.0 Å². The molecule has 1 N–H and O–H groups in total. The minimum Gasteiger partial charge on any atom is -0.318 e. The van der Waals surface area contributed by atoms with Crippen LogP contribution in [-0.4, -0.2) is 15.0 Å². The van der Waals surface area contributed by atoms with Crippen LogP contribution in [0.4, 0.5) is 0 Å². The lowest BCUT2D eigenvalue weighted by atomic mass is 10.4. The summed E-state index contributed by atoms with van der Waals surface area (Å²) in [5.41, 5.74) is 1.25. The number of fused-ring (bicyclic) bond motifs is 1. The number of nitrogens with one attached hydrogen (secondary N) is 1. The van der Waals surface area contributed by atoms with E-state index in [-0.39, 0.29) is 5.56 Å². The molecule has 0 atom stereocenters. The van der Waals surface area contributed by atoms with Gasteiger partial charge in [0.1, 0.15) is 10.8 Å². The van der Waals surface area contributed by atoms with Crippen molar-refractivity contribution in [1.82, 2.24) is 15.0 Å². The molecule has 0 saturated carbocycles. The summed E-state index contributed by atoms with van der Waals surface area (Å²) < 4.78 is 0. The summed E-state index contributed by atoms with van der Waals surface area (Å²) in [5.74, 6) is 0. The van der Waals surface area contributed by atoms with Gasteiger partial charge in [-0.15, -0.1) is 0 Å². The third-order valence-corrected chi connectivity index (χ3v) is 1.90. The zero-order valence-corrected chi connectivity index (χ0v) is 7.59. The zero-order valence-electron chi connectivity index (χ0n) is 6.84. The summed E-state index contributed by atoms with van der Waals surface area (Å²) in [6.07, 6.45) is 0. The van der Waals surface area contributed by atoms with Crippen LogP contribution in [0, 0.1) is 6.92 Å². The Labute approximate surface area is 78.6 Å². The van der Waals surface area contributed by atoms with Crippen LogP contribution in [0.2, 0.25) is 5.15 Å². The molecular formula is C8H6ClN3O. The molecule has 0 spiro atoms. The molecule has 13 heavy (non-hydrogen) atoms. The monoisotopic (exact) mass is 195 g/mol. The van der Waals surface area contributed by atoms with Crippen LogP contribution in [0.25, 0.3) is 11.2 Å². The Hall–Kier alpha value is -1.42. The van der Waals surface area contributed by atoms with Crippen molar-refractivity contribution in [2.75, 3.05) is 0 Å². The SMILES string of the molecule is Cc1nc2nc(Cl)ccc2[nH]c1=O. The van der Waals surface area contributed by atoms with Gasteiger partial charge in [0.2, 0.25) is 0 Å². The molecule has 2 heterocycles. The highest BCUT2D eigenvalue weighted by atomic mass is 35.5. The lowest BCUT2D eigenvalue weighted by Crippen LogP contribution is -2.11. The van der Waals surface area contributed by atoms with Crippen LogP contribution >= 0.6 is 11.6 Å². The van der Waals surface area contributed by atoms with Crippen molar-refractivity contribution in [1.29, 1.82) is 0 Å². The second-order valence-corrected chi connectivity index (χ2v) is 3.04. The lowest BCUT2D eigenvalue weighted by Gasteiger charge is -1.97. The molecule has 0 amide bonds. The van der Waals surface area contributed by atoms with Gasteiger partial charge in [0.25, 0.3) is 5.56 Å². The van der Waals surface area contributed by atoms with E-state index in [2.05, 4.69) is 15.0 Å². The standard InChI is InChI=1S/C8H6ClN3O/c1-4-8(13)11-5-2-3-6(9)12-7(5)10-4/h2-3H,1H3,(H,11,13). The van der Waals surface area contributed by atoms with Crippen LogP contribution in [0.15, 0.2) is 16.9 Å². The van der Waals surface area contributed by atoms with E-state index in [1.807, 2.05) is 0 Å². The number of H-pyrrole nitrogens is 1. The van der Waals surface area contributed by atoms with Crippen LogP contribution in [-0.2, 0) is 0 Å². The maximum atomic E-state index is 11.1. The van der Waals surface area contributed by atoms with E-state index in [9.17, 15) is 4.79 Å². The van der Waals surface area contributed by atoms with Crippen molar-refractivity contribution in [3.63, 3.8) is 0 Å². The van der Waals surface area contributed by atoms with E-state index >= 15 is 0 Å². The third-order valence-electron chi connectivity index (χ3n) is 1.69. The average Bonchev–Trinajstić information content (AvgIpc) is 2.08.